The van der Waals surface area contributed by atoms with Crippen molar-refractivity contribution >= 4 is 34.0 Å². The molecular formula is C86H90N4O11. The van der Waals surface area contributed by atoms with Gasteiger partial charge in [-0.25, -0.2) is 0 Å². The number of phenolic OH excluding ortho intramolecular Hbond substituents is 3. The van der Waals surface area contributed by atoms with Crippen molar-refractivity contribution in [2.24, 2.45) is 57.2 Å². The molecule has 17 bridgehead atoms. The monoisotopic (exact) mass is 1350 g/mol. The second kappa shape index (κ2) is 24.1. The van der Waals surface area contributed by atoms with Crippen LogP contribution in [0.25, 0.3) is 10.8 Å². The average Bonchev–Trinajstić information content (AvgIpc) is 1.50. The molecule has 8 heterocycles. The third kappa shape index (κ3) is 9.90. The number of aromatic nitrogens is 2. The minimum atomic E-state index is -0.885. The number of dihydropyridines is 1. The van der Waals surface area contributed by atoms with Gasteiger partial charge in [0.15, 0.2) is 11.5 Å². The van der Waals surface area contributed by atoms with Crippen LogP contribution in [0.3, 0.4) is 0 Å². The van der Waals surface area contributed by atoms with Crippen LogP contribution in [0, 0.1) is 69.0 Å². The van der Waals surface area contributed by atoms with Crippen molar-refractivity contribution in [2.75, 3.05) is 31.7 Å². The Hall–Kier alpha value is -8.97. The van der Waals surface area contributed by atoms with E-state index in [4.69, 9.17) is 14.2 Å². The molecule has 101 heavy (non-hydrogen) atoms. The van der Waals surface area contributed by atoms with Crippen LogP contribution in [0.2, 0.25) is 0 Å². The second-order valence-corrected chi connectivity index (χ2v) is 32.3. The number of aliphatic hydroxyl groups excluding tert-OH is 2. The number of aromatic hydroxyl groups is 3. The van der Waals surface area contributed by atoms with E-state index in [2.05, 4.69) is 123 Å². The molecule has 0 radical (unpaired) electrons. The molecule has 15 heteroatoms. The Kier molecular flexibility index (Phi) is 15.3. The van der Waals surface area contributed by atoms with Crippen molar-refractivity contribution in [3.8, 4) is 46.3 Å². The van der Waals surface area contributed by atoms with E-state index in [0.717, 1.165) is 119 Å². The van der Waals surface area contributed by atoms with Crippen LogP contribution in [0.1, 0.15) is 185 Å². The lowest BCUT2D eigenvalue weighted by Crippen LogP contribution is -2.46. The fourth-order valence-corrected chi connectivity index (χ4v) is 23.6. The molecule has 7 N–H and O–H groups in total. The molecule has 17 unspecified atom stereocenters. The zero-order valence-electron chi connectivity index (χ0n) is 57.8. The molecule has 4 aromatic carbocycles. The van der Waals surface area contributed by atoms with E-state index in [1.807, 2.05) is 24.3 Å². The quantitative estimate of drug-likeness (QED) is 0.0450. The van der Waals surface area contributed by atoms with Gasteiger partial charge in [-0.3, -0.25) is 14.4 Å². The van der Waals surface area contributed by atoms with E-state index >= 15 is 4.79 Å². The highest BCUT2D eigenvalue weighted by Gasteiger charge is 2.73. The van der Waals surface area contributed by atoms with Crippen LogP contribution in [0.15, 0.2) is 157 Å². The number of H-pyrrole nitrogens is 1. The number of esters is 1. The van der Waals surface area contributed by atoms with E-state index < -0.39 is 46.9 Å². The Balaban J connectivity index is 0.902. The van der Waals surface area contributed by atoms with Crippen LogP contribution < -0.4 is 19.7 Å². The van der Waals surface area contributed by atoms with E-state index in [1.165, 1.54) is 19.6 Å². The Morgan fingerprint density at radius 1 is 0.842 bits per heavy atom. The second-order valence-electron chi connectivity index (χ2n) is 32.3. The summed E-state index contributed by atoms with van der Waals surface area (Å²) in [5.74, 6) is 7.99. The van der Waals surface area contributed by atoms with E-state index in [-0.39, 0.29) is 119 Å². The molecule has 6 aliphatic heterocycles. The molecule has 2 aromatic heterocycles. The summed E-state index contributed by atoms with van der Waals surface area (Å²) in [6.07, 6.45) is 36.0. The van der Waals surface area contributed by atoms with Gasteiger partial charge in [-0.1, -0.05) is 84.2 Å². The average molecular weight is 1360 g/mol. The lowest BCUT2D eigenvalue weighted by atomic mass is 9.53. The number of methoxy groups -OCH3 is 1. The summed E-state index contributed by atoms with van der Waals surface area (Å²) in [5, 5.41) is 67.0. The minimum Gasteiger partial charge on any atom is -0.508 e. The van der Waals surface area contributed by atoms with Crippen LogP contribution in [-0.2, 0) is 25.5 Å². The molecule has 21 rings (SSSR count). The fourth-order valence-electron chi connectivity index (χ4n) is 23.6. The molecule has 0 saturated heterocycles. The minimum absolute atomic E-state index is 0.00540. The Morgan fingerprint density at radius 3 is 2.54 bits per heavy atom. The molecule has 4 spiro atoms. The SMILES string of the molecule is COc1cc2cc(O)c1Oc1cc(O)cc(c1)CC1CC3CCC4CC56CC47CCC3(CC1CO)C7C=CC5c1c3c(ccc4c3cn1C2CC(=O)CC(OC(C)=O)CCC12C3=CC=CC1CC=CC2c1c[nH]cc1C(C#CC3)C(c1cccc(O)c1)C1=CCNC(=C1)N4CCC(C)=O)C6O. The number of rotatable bonds is 7. The molecule has 0 amide bonds. The first-order valence-corrected chi connectivity index (χ1v) is 37.2. The van der Waals surface area contributed by atoms with E-state index in [0.29, 0.717) is 55.4 Å². The summed E-state index contributed by atoms with van der Waals surface area (Å²) in [4.78, 5) is 49.4. The predicted molar refractivity (Wildman–Crippen MR) is 384 cm³/mol. The summed E-state index contributed by atoms with van der Waals surface area (Å²) in [5.41, 5.74) is 7.81. The third-order valence-electron chi connectivity index (χ3n) is 27.6. The van der Waals surface area contributed by atoms with E-state index in [1.54, 1.807) is 31.2 Å². The lowest BCUT2D eigenvalue weighted by Gasteiger charge is -2.52. The standard InChI is InChI=1S/C86H90N4O11/c1-48(92)24-29-89-72-20-18-66-79-69(72)45-90-73(40-62(96)38-63(100-49(2)93)22-25-86-56-9-5-10-57(86)12-7-15-70(86)68-44-87-43-67(68)65(14-6-11-56)78(51-8-4-13-60(94)34-51)52-23-28-88-77(89)37-52)54-35-74(97)81(75(36-54)99-3)101-64-32-50(31-61(95)39-64)30-53-33-58-16-17-59-42-85(82(66)98)47-84(59)27-26-83(58,41-55(53)46-91)76(84)21-19-71(85)80(79)90/h4-5,7-10,13,15,18-21,23,31-32,34-37,39,43-45,53,55,57-59,63,65,70-71,73,76,78,82,87-88,91,94-95,97-98H,11-12,16-17,22,24-30,33,38,40-42,46-47H2,1-3H3. The van der Waals surface area contributed by atoms with Crippen LogP contribution >= 0.6 is 0 Å². The number of aromatic amines is 1. The Labute approximate surface area is 589 Å². The van der Waals surface area contributed by atoms with Gasteiger partial charge in [0, 0.05) is 122 Å². The highest BCUT2D eigenvalue weighted by molar-refractivity contribution is 6.01. The number of aliphatic hydroxyl groups is 2. The third-order valence-corrected chi connectivity index (χ3v) is 27.6. The highest BCUT2D eigenvalue weighted by atomic mass is 16.5. The summed E-state index contributed by atoms with van der Waals surface area (Å²) >= 11 is 0. The van der Waals surface area contributed by atoms with Gasteiger partial charge in [0.05, 0.1) is 30.9 Å². The first-order chi connectivity index (χ1) is 49.0. The lowest BCUT2D eigenvalue weighted by molar-refractivity contribution is -0.148. The zero-order valence-corrected chi connectivity index (χ0v) is 57.8. The number of nitrogens with one attached hydrogen (secondary N) is 2. The van der Waals surface area contributed by atoms with Gasteiger partial charge in [0.1, 0.15) is 40.7 Å². The number of ketones is 2. The predicted octanol–water partition coefficient (Wildman–Crippen LogP) is 15.3. The van der Waals surface area contributed by atoms with Crippen molar-refractivity contribution in [3.05, 3.63) is 196 Å². The van der Waals surface area contributed by atoms with Gasteiger partial charge in [0.25, 0.3) is 0 Å². The summed E-state index contributed by atoms with van der Waals surface area (Å²) in [7, 11) is 1.53. The van der Waals surface area contributed by atoms with Crippen molar-refractivity contribution in [1.82, 2.24) is 14.9 Å². The van der Waals surface area contributed by atoms with Crippen LogP contribution in [-0.4, -0.2) is 85.5 Å². The number of Topliss-reactive ketones (excluding diaryl/α,β-unsaturated/α-hetero) is 2. The molecule has 17 atom stereocenters. The van der Waals surface area contributed by atoms with Crippen molar-refractivity contribution in [3.63, 3.8) is 0 Å². The Morgan fingerprint density at radius 2 is 1.70 bits per heavy atom. The number of ether oxygens (including phenoxy) is 3. The van der Waals surface area contributed by atoms with Crippen molar-refractivity contribution < 1.29 is 54.1 Å². The van der Waals surface area contributed by atoms with Gasteiger partial charge in [-0.2, -0.15) is 0 Å². The van der Waals surface area contributed by atoms with Gasteiger partial charge >= 0.3 is 5.97 Å². The number of carbonyl (C=O) groups is 3. The number of hydrogen-bond acceptors (Lipinski definition) is 13. The topological polar surface area (TPSA) is 216 Å². The molecule has 6 aromatic rings. The Bertz CT molecular complexity index is 4720. The largest absolute Gasteiger partial charge is 0.508 e. The summed E-state index contributed by atoms with van der Waals surface area (Å²) in [6, 6.07) is 19.7. The first kappa shape index (κ1) is 64.2. The van der Waals surface area contributed by atoms with Gasteiger partial charge < -0.3 is 59.5 Å². The number of carbonyl (C=O) groups excluding carboxylic acids is 3. The molecule has 4 fully saturated rings. The number of anilines is 1. The number of benzene rings is 4. The molecular weight excluding hydrogens is 1260 g/mol. The number of hydrogen-bond donors (Lipinski definition) is 7. The fraction of sp³-hybridized carbons (Fsp3) is 0.453. The van der Waals surface area contributed by atoms with Gasteiger partial charge in [0.2, 0.25) is 5.75 Å². The molecule has 520 valence electrons. The van der Waals surface area contributed by atoms with Crippen molar-refractivity contribution in [2.45, 2.75) is 159 Å². The maximum atomic E-state index is 16.3. The summed E-state index contributed by atoms with van der Waals surface area (Å²) < 4.78 is 21.7. The molecule has 15 nitrogen and oxygen atoms in total. The number of phenols is 3. The zero-order chi connectivity index (χ0) is 69.0. The number of nitrogens with zero attached hydrogens (tertiary/aromatic N) is 2. The first-order valence-electron chi connectivity index (χ1n) is 37.2. The smallest absolute Gasteiger partial charge is 0.302 e. The molecule has 15 aliphatic rings. The highest BCUT2D eigenvalue weighted by Crippen LogP contribution is 2.81. The number of allylic oxidation sites excluding steroid dienone is 10. The van der Waals surface area contributed by atoms with E-state index in [9.17, 15) is 35.1 Å². The van der Waals surface area contributed by atoms with Crippen LogP contribution in [0.4, 0.5) is 5.69 Å². The molecule has 4 saturated carbocycles. The van der Waals surface area contributed by atoms with Crippen LogP contribution in [0.5, 0.6) is 34.5 Å². The molecule has 9 aliphatic carbocycles. The number of fused-ring (bicyclic) bond motifs is 1. The normalized spacial score (nSPS) is 34.3. The van der Waals surface area contributed by atoms with Crippen molar-refractivity contribution in [1.29, 1.82) is 0 Å². The summed E-state index contributed by atoms with van der Waals surface area (Å²) in [6.45, 7) is 3.80. The van der Waals surface area contributed by atoms with Gasteiger partial charge in [-0.05, 0) is 218 Å². The maximum Gasteiger partial charge on any atom is 0.302 e. The van der Waals surface area contributed by atoms with Gasteiger partial charge in [-0.15, -0.1) is 0 Å². The maximum absolute atomic E-state index is 16.3.